The minimum atomic E-state index is 0.0892. The number of nitrogens with one attached hydrogen (secondary N) is 2. The number of aliphatic imine (C=N–C) groups is 1. The number of carbonyl (C=O) groups excluding carboxylic acids is 1. The number of amides is 1. The van der Waals surface area contributed by atoms with E-state index in [0.29, 0.717) is 19.5 Å². The zero-order valence-corrected chi connectivity index (χ0v) is 18.0. The third kappa shape index (κ3) is 7.72. The van der Waals surface area contributed by atoms with E-state index in [-0.39, 0.29) is 11.3 Å². The quantitative estimate of drug-likeness (QED) is 0.510. The van der Waals surface area contributed by atoms with Crippen molar-refractivity contribution in [3.8, 4) is 0 Å². The summed E-state index contributed by atoms with van der Waals surface area (Å²) < 4.78 is 0. The molecule has 0 aliphatic heterocycles. The third-order valence-corrected chi connectivity index (χ3v) is 4.92. The van der Waals surface area contributed by atoms with Gasteiger partial charge in [0, 0.05) is 56.4 Å². The largest absolute Gasteiger partial charge is 0.357 e. The van der Waals surface area contributed by atoms with Crippen LogP contribution in [0.2, 0.25) is 0 Å². The summed E-state index contributed by atoms with van der Waals surface area (Å²) in [6, 6.07) is 0. The average molecular weight is 382 g/mol. The van der Waals surface area contributed by atoms with Crippen molar-refractivity contribution >= 4 is 23.2 Å². The van der Waals surface area contributed by atoms with E-state index in [4.69, 9.17) is 4.98 Å². The molecule has 6 nitrogen and oxygen atoms in total. The molecule has 0 unspecified atom stereocenters. The van der Waals surface area contributed by atoms with Gasteiger partial charge < -0.3 is 15.5 Å². The van der Waals surface area contributed by atoms with Crippen LogP contribution in [0, 0.1) is 0 Å². The van der Waals surface area contributed by atoms with Crippen LogP contribution in [0.5, 0.6) is 0 Å². The van der Waals surface area contributed by atoms with Crippen LogP contribution in [-0.2, 0) is 16.6 Å². The average Bonchev–Trinajstić information content (AvgIpc) is 3.05. The van der Waals surface area contributed by atoms with E-state index in [1.165, 1.54) is 0 Å². The molecule has 1 aromatic heterocycles. The van der Waals surface area contributed by atoms with Crippen LogP contribution in [0.15, 0.2) is 10.4 Å². The van der Waals surface area contributed by atoms with Crippen molar-refractivity contribution in [1.29, 1.82) is 0 Å². The van der Waals surface area contributed by atoms with Crippen molar-refractivity contribution < 1.29 is 4.79 Å². The first-order valence-electron chi connectivity index (χ1n) is 9.56. The SMILES string of the molecule is CCNC(=NCCc1nc(C(C)(C)C)cs1)NCCC(=O)N(CC)CC. The fraction of sp³-hybridized carbons (Fsp3) is 0.737. The van der Waals surface area contributed by atoms with Gasteiger partial charge in [0.05, 0.1) is 10.7 Å². The predicted molar refractivity (Wildman–Crippen MR) is 111 cm³/mol. The maximum atomic E-state index is 12.0. The number of carbonyl (C=O) groups is 1. The van der Waals surface area contributed by atoms with E-state index in [9.17, 15) is 4.79 Å². The summed E-state index contributed by atoms with van der Waals surface area (Å²) in [6.45, 7) is 16.2. The highest BCUT2D eigenvalue weighted by Crippen LogP contribution is 2.23. The Labute approximate surface area is 162 Å². The fourth-order valence-corrected chi connectivity index (χ4v) is 3.41. The number of hydrogen-bond acceptors (Lipinski definition) is 4. The topological polar surface area (TPSA) is 69.6 Å². The Morgan fingerprint density at radius 3 is 2.46 bits per heavy atom. The lowest BCUT2D eigenvalue weighted by atomic mass is 9.93. The summed E-state index contributed by atoms with van der Waals surface area (Å²) in [5.41, 5.74) is 1.23. The third-order valence-electron chi connectivity index (χ3n) is 4.01. The highest BCUT2D eigenvalue weighted by atomic mass is 32.1. The van der Waals surface area contributed by atoms with Gasteiger partial charge in [-0.05, 0) is 20.8 Å². The first-order valence-corrected chi connectivity index (χ1v) is 10.4. The van der Waals surface area contributed by atoms with Crippen molar-refractivity contribution in [3.05, 3.63) is 16.1 Å². The van der Waals surface area contributed by atoms with Gasteiger partial charge in [-0.2, -0.15) is 0 Å². The lowest BCUT2D eigenvalue weighted by Crippen LogP contribution is -2.40. The zero-order chi connectivity index (χ0) is 19.6. The molecule has 7 heteroatoms. The van der Waals surface area contributed by atoms with Crippen molar-refractivity contribution in [1.82, 2.24) is 20.5 Å². The van der Waals surface area contributed by atoms with Crippen LogP contribution in [0.25, 0.3) is 0 Å². The molecule has 0 radical (unpaired) electrons. The molecule has 26 heavy (non-hydrogen) atoms. The van der Waals surface area contributed by atoms with Crippen molar-refractivity contribution in [2.45, 2.75) is 59.8 Å². The van der Waals surface area contributed by atoms with Crippen LogP contribution in [-0.4, -0.2) is 54.5 Å². The standard InChI is InChI=1S/C19H35N5OS/c1-7-20-18(22-13-11-17(25)24(8-2)9-3)21-12-10-16-23-15(14-26-16)19(4,5)6/h14H,7-13H2,1-6H3,(H2,20,21,22). The van der Waals surface area contributed by atoms with Crippen LogP contribution in [0.1, 0.15) is 58.7 Å². The molecule has 148 valence electrons. The highest BCUT2D eigenvalue weighted by Gasteiger charge is 2.17. The molecule has 1 amide bonds. The molecule has 0 bridgehead atoms. The summed E-state index contributed by atoms with van der Waals surface area (Å²) in [6.07, 6.45) is 1.31. The number of rotatable bonds is 9. The molecule has 0 saturated heterocycles. The summed E-state index contributed by atoms with van der Waals surface area (Å²) >= 11 is 1.70. The molecule has 0 aromatic carbocycles. The number of nitrogens with zero attached hydrogens (tertiary/aromatic N) is 3. The summed E-state index contributed by atoms with van der Waals surface area (Å²) in [4.78, 5) is 23.2. The molecule has 0 fully saturated rings. The second-order valence-corrected chi connectivity index (χ2v) is 8.07. The predicted octanol–water partition coefficient (Wildman–Crippen LogP) is 2.80. The van der Waals surface area contributed by atoms with Crippen LogP contribution < -0.4 is 10.6 Å². The molecule has 1 aromatic rings. The van der Waals surface area contributed by atoms with E-state index in [2.05, 4.69) is 41.8 Å². The van der Waals surface area contributed by atoms with Crippen molar-refractivity contribution in [3.63, 3.8) is 0 Å². The van der Waals surface area contributed by atoms with E-state index >= 15 is 0 Å². The van der Waals surface area contributed by atoms with Gasteiger partial charge in [0.15, 0.2) is 5.96 Å². The smallest absolute Gasteiger partial charge is 0.224 e. The normalized spacial score (nSPS) is 12.2. The van der Waals surface area contributed by atoms with Gasteiger partial charge in [-0.15, -0.1) is 11.3 Å². The van der Waals surface area contributed by atoms with Crippen LogP contribution in [0.3, 0.4) is 0 Å². The zero-order valence-electron chi connectivity index (χ0n) is 17.2. The highest BCUT2D eigenvalue weighted by molar-refractivity contribution is 7.09. The maximum absolute atomic E-state index is 12.0. The lowest BCUT2D eigenvalue weighted by molar-refractivity contribution is -0.130. The van der Waals surface area contributed by atoms with E-state index < -0.39 is 0 Å². The number of thiazole rings is 1. The second-order valence-electron chi connectivity index (χ2n) is 7.13. The fourth-order valence-electron chi connectivity index (χ4n) is 2.40. The molecule has 1 rings (SSSR count). The Morgan fingerprint density at radius 1 is 1.23 bits per heavy atom. The number of guanidine groups is 1. The molecule has 0 spiro atoms. The first-order chi connectivity index (χ1) is 12.3. The Kier molecular flexibility index (Phi) is 9.62. The summed E-state index contributed by atoms with van der Waals surface area (Å²) in [7, 11) is 0. The molecular weight excluding hydrogens is 346 g/mol. The van der Waals surface area contributed by atoms with E-state index in [1.54, 1.807) is 11.3 Å². The van der Waals surface area contributed by atoms with Gasteiger partial charge in [0.1, 0.15) is 0 Å². The number of hydrogen-bond donors (Lipinski definition) is 2. The molecule has 1 heterocycles. The van der Waals surface area contributed by atoms with Gasteiger partial charge in [0.2, 0.25) is 5.91 Å². The molecule has 0 aliphatic rings. The molecule has 0 saturated carbocycles. The van der Waals surface area contributed by atoms with Gasteiger partial charge in [-0.3, -0.25) is 9.79 Å². The van der Waals surface area contributed by atoms with Crippen LogP contribution in [0.4, 0.5) is 0 Å². The Morgan fingerprint density at radius 2 is 1.92 bits per heavy atom. The van der Waals surface area contributed by atoms with Gasteiger partial charge >= 0.3 is 0 Å². The van der Waals surface area contributed by atoms with Gasteiger partial charge in [-0.25, -0.2) is 4.98 Å². The monoisotopic (exact) mass is 381 g/mol. The maximum Gasteiger partial charge on any atom is 0.224 e. The summed E-state index contributed by atoms with van der Waals surface area (Å²) in [5, 5.41) is 9.73. The first kappa shape index (κ1) is 22.4. The molecular formula is C19H35N5OS. The summed E-state index contributed by atoms with van der Waals surface area (Å²) in [5.74, 6) is 0.934. The van der Waals surface area contributed by atoms with Crippen molar-refractivity contribution in [2.24, 2.45) is 4.99 Å². The van der Waals surface area contributed by atoms with Gasteiger partial charge in [-0.1, -0.05) is 20.8 Å². The molecule has 0 aliphatic carbocycles. The Bertz CT molecular complexity index is 573. The van der Waals surface area contributed by atoms with Gasteiger partial charge in [0.25, 0.3) is 0 Å². The number of aromatic nitrogens is 1. The van der Waals surface area contributed by atoms with Crippen molar-refractivity contribution in [2.75, 3.05) is 32.7 Å². The van der Waals surface area contributed by atoms with E-state index in [0.717, 1.165) is 42.7 Å². The second kappa shape index (κ2) is 11.2. The Hall–Kier alpha value is -1.63. The lowest BCUT2D eigenvalue weighted by Gasteiger charge is -2.19. The minimum absolute atomic E-state index is 0.0892. The minimum Gasteiger partial charge on any atom is -0.357 e. The Balaban J connectivity index is 2.48. The van der Waals surface area contributed by atoms with Crippen LogP contribution >= 0.6 is 11.3 Å². The molecule has 2 N–H and O–H groups in total. The molecule has 0 atom stereocenters. The van der Waals surface area contributed by atoms with E-state index in [1.807, 2.05) is 25.7 Å².